The summed E-state index contributed by atoms with van der Waals surface area (Å²) in [5.41, 5.74) is 0.926. The minimum atomic E-state index is -0.301. The average Bonchev–Trinajstić information content (AvgIpc) is 2.37. The first-order valence-electron chi connectivity index (χ1n) is 6.91. The van der Waals surface area contributed by atoms with Crippen molar-refractivity contribution in [1.29, 1.82) is 0 Å². The molecule has 1 unspecified atom stereocenters. The second-order valence-electron chi connectivity index (χ2n) is 4.66. The van der Waals surface area contributed by atoms with E-state index in [0.29, 0.717) is 5.02 Å². The number of hydrogen-bond acceptors (Lipinski definition) is 2. The van der Waals surface area contributed by atoms with E-state index in [9.17, 15) is 4.39 Å². The third kappa shape index (κ3) is 6.37. The average molecular weight is 288 g/mol. The standard InChI is InChI=1S/C15H23ClFNO/c1-3-4-9-19-10-5-8-18-12(2)14-7-6-13(17)11-15(14)16/h6-7,11-12,18H,3-5,8-10H2,1-2H3. The summed E-state index contributed by atoms with van der Waals surface area (Å²) in [6, 6.07) is 4.63. The predicted octanol–water partition coefficient (Wildman–Crippen LogP) is 4.34. The third-order valence-electron chi connectivity index (χ3n) is 2.99. The lowest BCUT2D eigenvalue weighted by Gasteiger charge is -2.15. The van der Waals surface area contributed by atoms with Gasteiger partial charge in [-0.3, -0.25) is 0 Å². The van der Waals surface area contributed by atoms with Gasteiger partial charge in [0.1, 0.15) is 5.82 Å². The normalized spacial score (nSPS) is 12.6. The molecule has 1 aromatic carbocycles. The number of halogens is 2. The number of unbranched alkanes of at least 4 members (excludes halogenated alkanes) is 1. The molecule has 0 bridgehead atoms. The molecule has 0 heterocycles. The summed E-state index contributed by atoms with van der Waals surface area (Å²) in [6.07, 6.45) is 3.25. The quantitative estimate of drug-likeness (QED) is 0.682. The molecule has 0 saturated heterocycles. The van der Waals surface area contributed by atoms with E-state index in [0.717, 1.165) is 38.2 Å². The highest BCUT2D eigenvalue weighted by Gasteiger charge is 2.09. The summed E-state index contributed by atoms with van der Waals surface area (Å²) < 4.78 is 18.4. The van der Waals surface area contributed by atoms with Crippen LogP contribution in [0, 0.1) is 5.82 Å². The molecule has 0 aliphatic carbocycles. The molecule has 0 amide bonds. The topological polar surface area (TPSA) is 21.3 Å². The van der Waals surface area contributed by atoms with Gasteiger partial charge in [0.25, 0.3) is 0 Å². The van der Waals surface area contributed by atoms with Gasteiger partial charge < -0.3 is 10.1 Å². The van der Waals surface area contributed by atoms with Crippen LogP contribution in [0.2, 0.25) is 5.02 Å². The van der Waals surface area contributed by atoms with Crippen LogP contribution in [0.3, 0.4) is 0 Å². The van der Waals surface area contributed by atoms with E-state index < -0.39 is 0 Å². The van der Waals surface area contributed by atoms with Gasteiger partial charge in [-0.15, -0.1) is 0 Å². The van der Waals surface area contributed by atoms with E-state index in [1.807, 2.05) is 6.92 Å². The molecule has 0 spiro atoms. The third-order valence-corrected chi connectivity index (χ3v) is 3.31. The van der Waals surface area contributed by atoms with E-state index in [4.69, 9.17) is 16.3 Å². The number of nitrogens with one attached hydrogen (secondary N) is 1. The maximum Gasteiger partial charge on any atom is 0.124 e. The largest absolute Gasteiger partial charge is 0.381 e. The first kappa shape index (κ1) is 16.4. The Balaban J connectivity index is 2.22. The lowest BCUT2D eigenvalue weighted by atomic mass is 10.1. The van der Waals surface area contributed by atoms with Gasteiger partial charge in [0.2, 0.25) is 0 Å². The number of hydrogen-bond donors (Lipinski definition) is 1. The Morgan fingerprint density at radius 2 is 2.05 bits per heavy atom. The van der Waals surface area contributed by atoms with E-state index in [-0.39, 0.29) is 11.9 Å². The molecule has 1 N–H and O–H groups in total. The summed E-state index contributed by atoms with van der Waals surface area (Å²) in [7, 11) is 0. The van der Waals surface area contributed by atoms with Gasteiger partial charge in [-0.2, -0.15) is 0 Å². The molecular weight excluding hydrogens is 265 g/mol. The molecule has 0 aliphatic rings. The lowest BCUT2D eigenvalue weighted by molar-refractivity contribution is 0.128. The van der Waals surface area contributed by atoms with Crippen molar-refractivity contribution in [2.24, 2.45) is 0 Å². The SMILES string of the molecule is CCCCOCCCNC(C)c1ccc(F)cc1Cl. The van der Waals surface area contributed by atoms with Crippen LogP contribution in [0.15, 0.2) is 18.2 Å². The smallest absolute Gasteiger partial charge is 0.124 e. The fraction of sp³-hybridized carbons (Fsp3) is 0.600. The molecule has 1 aromatic rings. The van der Waals surface area contributed by atoms with Gasteiger partial charge in [0.05, 0.1) is 0 Å². The summed E-state index contributed by atoms with van der Waals surface area (Å²) in [5.74, 6) is -0.301. The van der Waals surface area contributed by atoms with E-state index in [2.05, 4.69) is 12.2 Å². The molecule has 19 heavy (non-hydrogen) atoms. The van der Waals surface area contributed by atoms with Crippen molar-refractivity contribution < 1.29 is 9.13 Å². The highest BCUT2D eigenvalue weighted by atomic mass is 35.5. The fourth-order valence-corrected chi connectivity index (χ4v) is 2.13. The Labute approximate surface area is 120 Å². The van der Waals surface area contributed by atoms with Gasteiger partial charge in [0, 0.05) is 24.3 Å². The maximum absolute atomic E-state index is 12.9. The zero-order valence-corrected chi connectivity index (χ0v) is 12.5. The van der Waals surface area contributed by atoms with Gasteiger partial charge in [-0.1, -0.05) is 31.0 Å². The van der Waals surface area contributed by atoms with Gasteiger partial charge in [-0.25, -0.2) is 4.39 Å². The highest BCUT2D eigenvalue weighted by molar-refractivity contribution is 6.31. The number of ether oxygens (including phenoxy) is 1. The van der Waals surface area contributed by atoms with Gasteiger partial charge in [0.15, 0.2) is 0 Å². The Kier molecular flexibility index (Phi) is 8.03. The molecular formula is C15H23ClFNO. The summed E-state index contributed by atoms with van der Waals surface area (Å²) in [6.45, 7) is 6.66. The summed E-state index contributed by atoms with van der Waals surface area (Å²) in [4.78, 5) is 0. The van der Waals surface area contributed by atoms with Crippen LogP contribution in [0.1, 0.15) is 44.7 Å². The van der Waals surface area contributed by atoms with Gasteiger partial charge in [-0.05, 0) is 44.0 Å². The van der Waals surface area contributed by atoms with E-state index in [1.165, 1.54) is 18.6 Å². The van der Waals surface area contributed by atoms with Crippen LogP contribution in [0.4, 0.5) is 4.39 Å². The van der Waals surface area contributed by atoms with E-state index in [1.54, 1.807) is 6.07 Å². The first-order chi connectivity index (χ1) is 9.15. The molecule has 0 radical (unpaired) electrons. The molecule has 0 saturated carbocycles. The van der Waals surface area contributed by atoms with Crippen molar-refractivity contribution in [2.75, 3.05) is 19.8 Å². The highest BCUT2D eigenvalue weighted by Crippen LogP contribution is 2.23. The summed E-state index contributed by atoms with van der Waals surface area (Å²) in [5, 5.41) is 3.83. The van der Waals surface area contributed by atoms with Crippen molar-refractivity contribution >= 4 is 11.6 Å². The van der Waals surface area contributed by atoms with Crippen LogP contribution in [-0.4, -0.2) is 19.8 Å². The zero-order valence-electron chi connectivity index (χ0n) is 11.7. The molecule has 0 aromatic heterocycles. The van der Waals surface area contributed by atoms with Crippen molar-refractivity contribution in [1.82, 2.24) is 5.32 Å². The van der Waals surface area contributed by atoms with Crippen molar-refractivity contribution in [3.05, 3.63) is 34.6 Å². The Morgan fingerprint density at radius 1 is 1.32 bits per heavy atom. The first-order valence-corrected chi connectivity index (χ1v) is 7.29. The molecule has 108 valence electrons. The molecule has 0 fully saturated rings. The summed E-state index contributed by atoms with van der Waals surface area (Å²) >= 11 is 6.02. The van der Waals surface area contributed by atoms with Crippen LogP contribution in [-0.2, 0) is 4.74 Å². The lowest BCUT2D eigenvalue weighted by Crippen LogP contribution is -2.21. The number of benzene rings is 1. The Hall–Kier alpha value is -0.640. The maximum atomic E-state index is 12.9. The van der Waals surface area contributed by atoms with Crippen LogP contribution in [0.5, 0.6) is 0 Å². The second-order valence-corrected chi connectivity index (χ2v) is 5.07. The van der Waals surface area contributed by atoms with Crippen LogP contribution < -0.4 is 5.32 Å². The second kappa shape index (κ2) is 9.29. The van der Waals surface area contributed by atoms with Crippen LogP contribution >= 0.6 is 11.6 Å². The number of rotatable bonds is 9. The molecule has 1 rings (SSSR count). The Morgan fingerprint density at radius 3 is 2.74 bits per heavy atom. The van der Waals surface area contributed by atoms with Crippen molar-refractivity contribution in [2.45, 2.75) is 39.2 Å². The zero-order chi connectivity index (χ0) is 14.1. The predicted molar refractivity (Wildman–Crippen MR) is 78.2 cm³/mol. The molecule has 2 nitrogen and oxygen atoms in total. The minimum absolute atomic E-state index is 0.115. The van der Waals surface area contributed by atoms with Gasteiger partial charge >= 0.3 is 0 Å². The van der Waals surface area contributed by atoms with E-state index >= 15 is 0 Å². The molecule has 4 heteroatoms. The Bertz CT molecular complexity index is 373. The molecule has 0 aliphatic heterocycles. The van der Waals surface area contributed by atoms with Crippen molar-refractivity contribution in [3.63, 3.8) is 0 Å². The minimum Gasteiger partial charge on any atom is -0.381 e. The monoisotopic (exact) mass is 287 g/mol. The van der Waals surface area contributed by atoms with Crippen LogP contribution in [0.25, 0.3) is 0 Å². The molecule has 1 atom stereocenters. The fourth-order valence-electron chi connectivity index (χ4n) is 1.80. The van der Waals surface area contributed by atoms with Crippen molar-refractivity contribution in [3.8, 4) is 0 Å².